The second-order valence-corrected chi connectivity index (χ2v) is 12.0. The van der Waals surface area contributed by atoms with Crippen molar-refractivity contribution in [2.75, 3.05) is 26.3 Å². The number of pyridine rings is 1. The number of benzene rings is 2. The molecule has 2 N–H and O–H groups in total. The number of nitrogens with one attached hydrogen (secondary N) is 2. The van der Waals surface area contributed by atoms with E-state index in [4.69, 9.17) is 4.74 Å². The standard InChI is InChI=1S/C33H37N5O2/c1-33(38-15-2-3-16-38)13-10-22-4-9-25(18-26(22)11-14-33)27-19-29-30(36-37-31(29)34-20-27)23-5-7-24(8-6-23)32(39)35-28-12-17-40-21-28/h4-9,18-20,28H,2-3,10-17,21H2,1H3,(H,35,39)(H,34,36,37)/t28-,33?/m0/s1. The Kier molecular flexibility index (Phi) is 6.64. The average molecular weight is 536 g/mol. The molecule has 2 fully saturated rings. The van der Waals surface area contributed by atoms with Crippen LogP contribution in [-0.2, 0) is 17.6 Å². The molecule has 1 amide bonds. The van der Waals surface area contributed by atoms with E-state index in [9.17, 15) is 4.79 Å². The van der Waals surface area contributed by atoms with Gasteiger partial charge in [0, 0.05) is 40.4 Å². The van der Waals surface area contributed by atoms with Crippen LogP contribution in [0.5, 0.6) is 0 Å². The second kappa shape index (κ2) is 10.5. The van der Waals surface area contributed by atoms with Crippen molar-refractivity contribution in [3.8, 4) is 22.4 Å². The molecule has 2 aliphatic heterocycles. The molecule has 4 aromatic rings. The first-order valence-corrected chi connectivity index (χ1v) is 14.8. The van der Waals surface area contributed by atoms with E-state index in [2.05, 4.69) is 56.6 Å². The van der Waals surface area contributed by atoms with Crippen LogP contribution in [0.25, 0.3) is 33.4 Å². The Morgan fingerprint density at radius 1 is 1.00 bits per heavy atom. The lowest BCUT2D eigenvalue weighted by molar-refractivity contribution is 0.0930. The smallest absolute Gasteiger partial charge is 0.251 e. The summed E-state index contributed by atoms with van der Waals surface area (Å²) < 4.78 is 5.37. The van der Waals surface area contributed by atoms with E-state index >= 15 is 0 Å². The Bertz CT molecular complexity index is 1530. The molecule has 0 spiro atoms. The second-order valence-electron chi connectivity index (χ2n) is 12.0. The Balaban J connectivity index is 1.13. The number of hydrogen-bond acceptors (Lipinski definition) is 5. The number of ether oxygens (including phenoxy) is 1. The van der Waals surface area contributed by atoms with E-state index in [0.29, 0.717) is 30.0 Å². The number of aromatic nitrogens is 3. The number of likely N-dealkylation sites (tertiary alicyclic amines) is 1. The predicted octanol–water partition coefficient (Wildman–Crippen LogP) is 5.54. The Labute approximate surface area is 235 Å². The molecule has 2 aromatic carbocycles. The Morgan fingerprint density at radius 2 is 1.77 bits per heavy atom. The monoisotopic (exact) mass is 535 g/mol. The largest absolute Gasteiger partial charge is 0.379 e. The number of carbonyl (C=O) groups is 1. The molecule has 7 nitrogen and oxygen atoms in total. The number of aromatic amines is 1. The van der Waals surface area contributed by atoms with Gasteiger partial charge in [0.05, 0.1) is 18.3 Å². The highest BCUT2D eigenvalue weighted by molar-refractivity contribution is 5.96. The topological polar surface area (TPSA) is 83.1 Å². The quantitative estimate of drug-likeness (QED) is 0.328. The molecule has 0 bridgehead atoms. The molecule has 4 heterocycles. The molecule has 2 saturated heterocycles. The Morgan fingerprint density at radius 3 is 2.55 bits per heavy atom. The maximum Gasteiger partial charge on any atom is 0.251 e. The van der Waals surface area contributed by atoms with Gasteiger partial charge >= 0.3 is 0 Å². The molecule has 2 atom stereocenters. The number of nitrogens with zero attached hydrogens (tertiary/aromatic N) is 3. The SMILES string of the molecule is CC1(N2CCCC2)CCc2ccc(-c3cnc4n[nH]c(-c5ccc(C(=O)N[C@H]6CCOC6)cc5)c4c3)cc2CC1. The lowest BCUT2D eigenvalue weighted by atomic mass is 9.90. The van der Waals surface area contributed by atoms with Gasteiger partial charge in [0.2, 0.25) is 0 Å². The van der Waals surface area contributed by atoms with Gasteiger partial charge in [0.1, 0.15) is 0 Å². The van der Waals surface area contributed by atoms with Crippen molar-refractivity contribution in [2.24, 2.45) is 0 Å². The zero-order valence-electron chi connectivity index (χ0n) is 23.2. The van der Waals surface area contributed by atoms with E-state index in [1.54, 1.807) is 0 Å². The lowest BCUT2D eigenvalue weighted by Crippen LogP contribution is -2.44. The molecule has 2 aromatic heterocycles. The van der Waals surface area contributed by atoms with Gasteiger partial charge in [0.15, 0.2) is 5.65 Å². The van der Waals surface area contributed by atoms with Crippen LogP contribution in [0, 0.1) is 0 Å². The minimum absolute atomic E-state index is 0.0653. The fraction of sp³-hybridized carbons (Fsp3) is 0.424. The van der Waals surface area contributed by atoms with Crippen LogP contribution in [0.15, 0.2) is 54.7 Å². The van der Waals surface area contributed by atoms with Crippen LogP contribution < -0.4 is 5.32 Å². The molecular weight excluding hydrogens is 498 g/mol. The maximum atomic E-state index is 12.6. The summed E-state index contributed by atoms with van der Waals surface area (Å²) in [5.41, 5.74) is 8.81. The maximum absolute atomic E-state index is 12.6. The third-order valence-electron chi connectivity index (χ3n) is 9.39. The molecule has 40 heavy (non-hydrogen) atoms. The van der Waals surface area contributed by atoms with Gasteiger partial charge in [-0.15, -0.1) is 0 Å². The highest BCUT2D eigenvalue weighted by Crippen LogP contribution is 2.36. The summed E-state index contributed by atoms with van der Waals surface area (Å²) in [4.78, 5) is 20.1. The highest BCUT2D eigenvalue weighted by Gasteiger charge is 2.34. The number of aryl methyl sites for hydroxylation is 2. The number of fused-ring (bicyclic) bond motifs is 2. The zero-order valence-corrected chi connectivity index (χ0v) is 23.2. The van der Waals surface area contributed by atoms with E-state index in [-0.39, 0.29) is 11.9 Å². The number of hydrogen-bond donors (Lipinski definition) is 2. The molecule has 7 rings (SSSR count). The number of rotatable bonds is 5. The molecule has 1 aliphatic carbocycles. The summed E-state index contributed by atoms with van der Waals surface area (Å²) in [6, 6.07) is 16.9. The van der Waals surface area contributed by atoms with Gasteiger partial charge < -0.3 is 10.1 Å². The molecular formula is C33H37N5O2. The van der Waals surface area contributed by atoms with Crippen molar-refractivity contribution in [3.05, 3.63) is 71.4 Å². The summed E-state index contributed by atoms with van der Waals surface area (Å²) >= 11 is 0. The van der Waals surface area contributed by atoms with Crippen LogP contribution in [0.2, 0.25) is 0 Å². The van der Waals surface area contributed by atoms with E-state index in [1.165, 1.54) is 55.5 Å². The molecule has 0 radical (unpaired) electrons. The zero-order chi connectivity index (χ0) is 27.1. The minimum atomic E-state index is -0.0653. The van der Waals surface area contributed by atoms with Crippen molar-refractivity contribution < 1.29 is 9.53 Å². The van der Waals surface area contributed by atoms with E-state index in [0.717, 1.165) is 41.5 Å². The van der Waals surface area contributed by atoms with Crippen molar-refractivity contribution in [1.29, 1.82) is 0 Å². The Hall–Kier alpha value is -3.55. The van der Waals surface area contributed by atoms with Crippen LogP contribution in [0.3, 0.4) is 0 Å². The van der Waals surface area contributed by atoms with Crippen LogP contribution in [-0.4, -0.2) is 63.9 Å². The molecule has 1 unspecified atom stereocenters. The third kappa shape index (κ3) is 4.82. The third-order valence-corrected chi connectivity index (χ3v) is 9.39. The van der Waals surface area contributed by atoms with Gasteiger partial charge in [-0.05, 0) is 99.8 Å². The van der Waals surface area contributed by atoms with Crippen molar-refractivity contribution in [1.82, 2.24) is 25.4 Å². The van der Waals surface area contributed by atoms with Gasteiger partial charge in [0.25, 0.3) is 5.91 Å². The fourth-order valence-corrected chi connectivity index (χ4v) is 6.77. The van der Waals surface area contributed by atoms with Crippen LogP contribution >= 0.6 is 0 Å². The minimum Gasteiger partial charge on any atom is -0.379 e. The fourth-order valence-electron chi connectivity index (χ4n) is 6.77. The molecule has 7 heteroatoms. The van der Waals surface area contributed by atoms with Gasteiger partial charge in [-0.25, -0.2) is 4.98 Å². The first kappa shape index (κ1) is 25.4. The summed E-state index contributed by atoms with van der Waals surface area (Å²) in [5, 5.41) is 11.7. The first-order valence-electron chi connectivity index (χ1n) is 14.8. The number of amides is 1. The summed E-state index contributed by atoms with van der Waals surface area (Å²) in [6.07, 6.45) is 10.2. The molecule has 206 valence electrons. The molecule has 3 aliphatic rings. The van der Waals surface area contributed by atoms with Crippen LogP contribution in [0.1, 0.15) is 60.5 Å². The van der Waals surface area contributed by atoms with Crippen molar-refractivity contribution >= 4 is 16.9 Å². The average Bonchev–Trinajstić information content (AvgIpc) is 3.76. The summed E-state index contributed by atoms with van der Waals surface area (Å²) in [6.45, 7) is 6.27. The van der Waals surface area contributed by atoms with E-state index in [1.807, 2.05) is 30.5 Å². The highest BCUT2D eigenvalue weighted by atomic mass is 16.5. The van der Waals surface area contributed by atoms with Gasteiger partial charge in [-0.1, -0.05) is 30.3 Å². The van der Waals surface area contributed by atoms with Crippen molar-refractivity contribution in [2.45, 2.75) is 63.5 Å². The number of H-pyrrole nitrogens is 1. The summed E-state index contributed by atoms with van der Waals surface area (Å²) in [5.74, 6) is -0.0653. The first-order chi connectivity index (χ1) is 19.6. The summed E-state index contributed by atoms with van der Waals surface area (Å²) in [7, 11) is 0. The predicted molar refractivity (Wildman–Crippen MR) is 157 cm³/mol. The van der Waals surface area contributed by atoms with Crippen LogP contribution in [0.4, 0.5) is 0 Å². The normalized spacial score (nSPS) is 23.3. The molecule has 0 saturated carbocycles. The lowest BCUT2D eigenvalue weighted by Gasteiger charge is -2.38. The van der Waals surface area contributed by atoms with E-state index < -0.39 is 0 Å². The van der Waals surface area contributed by atoms with Gasteiger partial charge in [-0.2, -0.15) is 5.10 Å². The number of carbonyl (C=O) groups excluding carboxylic acids is 1. The van der Waals surface area contributed by atoms with Crippen molar-refractivity contribution in [3.63, 3.8) is 0 Å². The van der Waals surface area contributed by atoms with Gasteiger partial charge in [-0.3, -0.25) is 14.8 Å².